The zero-order valence-corrected chi connectivity index (χ0v) is 14.6. The van der Waals surface area contributed by atoms with Gasteiger partial charge in [-0.3, -0.25) is 4.79 Å². The molecule has 1 aliphatic carbocycles. The summed E-state index contributed by atoms with van der Waals surface area (Å²) in [4.78, 5) is 12.6. The lowest BCUT2D eigenvalue weighted by Gasteiger charge is -2.36. The first-order chi connectivity index (χ1) is 10.5. The first-order valence-corrected chi connectivity index (χ1v) is 8.81. The Balaban J connectivity index is 1.89. The highest BCUT2D eigenvalue weighted by molar-refractivity contribution is 5.79. The number of benzene rings is 1. The number of rotatable bonds is 5. The maximum Gasteiger partial charge on any atom is 0.223 e. The fourth-order valence-electron chi connectivity index (χ4n) is 3.85. The molecule has 1 N–H and O–H groups in total. The molecule has 1 aromatic carbocycles. The van der Waals surface area contributed by atoms with Gasteiger partial charge in [-0.2, -0.15) is 0 Å². The van der Waals surface area contributed by atoms with E-state index in [1.807, 2.05) is 0 Å². The maximum atomic E-state index is 12.6. The largest absolute Gasteiger partial charge is 0.356 e. The third-order valence-electron chi connectivity index (χ3n) is 5.31. The van der Waals surface area contributed by atoms with Crippen molar-refractivity contribution in [3.05, 3.63) is 35.4 Å². The van der Waals surface area contributed by atoms with E-state index in [4.69, 9.17) is 0 Å². The van der Waals surface area contributed by atoms with Crippen LogP contribution in [0.3, 0.4) is 0 Å². The Hall–Kier alpha value is -1.31. The number of carbonyl (C=O) groups excluding carboxylic acids is 1. The van der Waals surface area contributed by atoms with Crippen molar-refractivity contribution < 1.29 is 4.79 Å². The highest BCUT2D eigenvalue weighted by atomic mass is 16.1. The van der Waals surface area contributed by atoms with E-state index >= 15 is 0 Å². The van der Waals surface area contributed by atoms with E-state index < -0.39 is 0 Å². The molecule has 22 heavy (non-hydrogen) atoms. The van der Waals surface area contributed by atoms with Gasteiger partial charge in [0.25, 0.3) is 0 Å². The van der Waals surface area contributed by atoms with E-state index in [1.165, 1.54) is 24.0 Å². The van der Waals surface area contributed by atoms with Crippen LogP contribution in [-0.2, 0) is 11.2 Å². The van der Waals surface area contributed by atoms with Gasteiger partial charge in [-0.25, -0.2) is 0 Å². The molecule has 0 bridgehead atoms. The van der Waals surface area contributed by atoms with Gasteiger partial charge in [-0.1, -0.05) is 51.5 Å². The van der Waals surface area contributed by atoms with Crippen molar-refractivity contribution in [3.63, 3.8) is 0 Å². The van der Waals surface area contributed by atoms with Gasteiger partial charge in [0.1, 0.15) is 0 Å². The van der Waals surface area contributed by atoms with Gasteiger partial charge in [0, 0.05) is 12.5 Å². The summed E-state index contributed by atoms with van der Waals surface area (Å²) in [5, 5.41) is 3.19. The van der Waals surface area contributed by atoms with Crippen LogP contribution in [0, 0.1) is 30.6 Å². The fourth-order valence-corrected chi connectivity index (χ4v) is 3.85. The van der Waals surface area contributed by atoms with Gasteiger partial charge in [-0.15, -0.1) is 0 Å². The third kappa shape index (κ3) is 4.34. The number of amides is 1. The van der Waals surface area contributed by atoms with Crippen LogP contribution in [0.25, 0.3) is 0 Å². The second-order valence-corrected chi connectivity index (χ2v) is 7.40. The molecule has 1 amide bonds. The van der Waals surface area contributed by atoms with E-state index in [0.717, 1.165) is 19.4 Å². The van der Waals surface area contributed by atoms with Crippen LogP contribution in [0.4, 0.5) is 0 Å². The van der Waals surface area contributed by atoms with Gasteiger partial charge >= 0.3 is 0 Å². The minimum absolute atomic E-state index is 0.209. The molecule has 2 rings (SSSR count). The molecule has 122 valence electrons. The zero-order chi connectivity index (χ0) is 16.1. The van der Waals surface area contributed by atoms with Gasteiger partial charge in [-0.05, 0) is 55.1 Å². The molecule has 0 spiro atoms. The second kappa shape index (κ2) is 7.80. The van der Waals surface area contributed by atoms with Crippen molar-refractivity contribution in [2.24, 2.45) is 23.7 Å². The normalized spacial score (nSPS) is 25.2. The minimum Gasteiger partial charge on any atom is -0.356 e. The number of aryl methyl sites for hydroxylation is 1. The molecule has 0 heterocycles. The molecule has 0 unspecified atom stereocenters. The first-order valence-electron chi connectivity index (χ1n) is 8.81. The smallest absolute Gasteiger partial charge is 0.223 e. The third-order valence-corrected chi connectivity index (χ3v) is 5.31. The van der Waals surface area contributed by atoms with Crippen LogP contribution < -0.4 is 5.32 Å². The summed E-state index contributed by atoms with van der Waals surface area (Å²) in [6, 6.07) is 8.42. The standard InChI is InChI=1S/C20H31NO/c1-14(2)18-10-9-15(3)13-19(18)20(22)21-12-11-17-8-6-5-7-16(17)4/h5-8,14-15,18-19H,9-13H2,1-4H3,(H,21,22)/t15-,18+,19-/m1/s1. The Morgan fingerprint density at radius 3 is 2.68 bits per heavy atom. The molecule has 3 atom stereocenters. The van der Waals surface area contributed by atoms with Gasteiger partial charge in [0.2, 0.25) is 5.91 Å². The lowest BCUT2D eigenvalue weighted by atomic mass is 9.70. The summed E-state index contributed by atoms with van der Waals surface area (Å²) in [5.74, 6) is 2.32. The summed E-state index contributed by atoms with van der Waals surface area (Å²) in [6.07, 6.45) is 4.45. The van der Waals surface area contributed by atoms with Gasteiger partial charge in [0.05, 0.1) is 0 Å². The zero-order valence-electron chi connectivity index (χ0n) is 14.6. The predicted molar refractivity (Wildman–Crippen MR) is 92.7 cm³/mol. The molecule has 2 heteroatoms. The number of hydrogen-bond acceptors (Lipinski definition) is 1. The lowest BCUT2D eigenvalue weighted by Crippen LogP contribution is -2.40. The summed E-state index contributed by atoms with van der Waals surface area (Å²) >= 11 is 0. The average molecular weight is 301 g/mol. The quantitative estimate of drug-likeness (QED) is 0.860. The van der Waals surface area contributed by atoms with Crippen molar-refractivity contribution in [3.8, 4) is 0 Å². The van der Waals surface area contributed by atoms with Crippen LogP contribution >= 0.6 is 0 Å². The van der Waals surface area contributed by atoms with Crippen LogP contribution in [0.1, 0.15) is 51.2 Å². The van der Waals surface area contributed by atoms with Gasteiger partial charge in [0.15, 0.2) is 0 Å². The SMILES string of the molecule is Cc1ccccc1CCNC(=O)[C@@H]1C[C@H](C)CC[C@H]1C(C)C. The molecule has 2 nitrogen and oxygen atoms in total. The van der Waals surface area contributed by atoms with Crippen molar-refractivity contribution in [2.75, 3.05) is 6.54 Å². The predicted octanol–water partition coefficient (Wildman–Crippen LogP) is 4.36. The highest BCUT2D eigenvalue weighted by Gasteiger charge is 2.35. The Labute approximate surface area is 135 Å². The van der Waals surface area contributed by atoms with Crippen LogP contribution in [0.5, 0.6) is 0 Å². The van der Waals surface area contributed by atoms with Crippen molar-refractivity contribution in [2.45, 2.75) is 53.4 Å². The summed E-state index contributed by atoms with van der Waals surface area (Å²) in [6.45, 7) is 9.68. The Morgan fingerprint density at radius 1 is 1.27 bits per heavy atom. The first kappa shape index (κ1) is 17.1. The minimum atomic E-state index is 0.209. The van der Waals surface area contributed by atoms with Crippen LogP contribution in [-0.4, -0.2) is 12.5 Å². The molecular weight excluding hydrogens is 270 g/mol. The van der Waals surface area contributed by atoms with Crippen molar-refractivity contribution in [1.82, 2.24) is 5.32 Å². The average Bonchev–Trinajstić information content (AvgIpc) is 2.48. The highest BCUT2D eigenvalue weighted by Crippen LogP contribution is 2.38. The molecule has 1 fully saturated rings. The van der Waals surface area contributed by atoms with Gasteiger partial charge < -0.3 is 5.32 Å². The molecule has 0 aromatic heterocycles. The van der Waals surface area contributed by atoms with E-state index in [1.54, 1.807) is 0 Å². The second-order valence-electron chi connectivity index (χ2n) is 7.40. The fraction of sp³-hybridized carbons (Fsp3) is 0.650. The monoisotopic (exact) mass is 301 g/mol. The summed E-state index contributed by atoms with van der Waals surface area (Å²) in [7, 11) is 0. The Morgan fingerprint density at radius 2 is 2.00 bits per heavy atom. The van der Waals surface area contributed by atoms with Crippen LogP contribution in [0.15, 0.2) is 24.3 Å². The summed E-state index contributed by atoms with van der Waals surface area (Å²) in [5.41, 5.74) is 2.64. The molecule has 0 saturated heterocycles. The molecular formula is C20H31NO. The molecule has 0 radical (unpaired) electrons. The van der Waals surface area contributed by atoms with Crippen molar-refractivity contribution >= 4 is 5.91 Å². The topological polar surface area (TPSA) is 29.1 Å². The van der Waals surface area contributed by atoms with E-state index in [9.17, 15) is 4.79 Å². The van der Waals surface area contributed by atoms with Crippen molar-refractivity contribution in [1.29, 1.82) is 0 Å². The number of nitrogens with one attached hydrogen (secondary N) is 1. The summed E-state index contributed by atoms with van der Waals surface area (Å²) < 4.78 is 0. The van der Waals surface area contributed by atoms with E-state index in [0.29, 0.717) is 17.8 Å². The van der Waals surface area contributed by atoms with E-state index in [-0.39, 0.29) is 11.8 Å². The molecule has 1 aliphatic rings. The van der Waals surface area contributed by atoms with E-state index in [2.05, 4.69) is 57.3 Å². The number of carbonyl (C=O) groups is 1. The molecule has 1 aromatic rings. The number of hydrogen-bond donors (Lipinski definition) is 1. The Bertz CT molecular complexity index is 494. The Kier molecular flexibility index (Phi) is 6.05. The molecule has 0 aliphatic heterocycles. The maximum absolute atomic E-state index is 12.6. The van der Waals surface area contributed by atoms with Crippen LogP contribution in [0.2, 0.25) is 0 Å². The lowest BCUT2D eigenvalue weighted by molar-refractivity contribution is -0.129. The molecule has 1 saturated carbocycles.